The maximum atomic E-state index is 13.1. The van der Waals surface area contributed by atoms with Crippen LogP contribution in [-0.2, 0) is 19.1 Å². The van der Waals surface area contributed by atoms with Crippen LogP contribution in [0.4, 0.5) is 0 Å². The number of aromatic amines is 2. The summed E-state index contributed by atoms with van der Waals surface area (Å²) in [5.41, 5.74) is 8.22. The van der Waals surface area contributed by atoms with E-state index in [4.69, 9.17) is 19.4 Å². The molecular formula is C40H52N6O4S2. The minimum atomic E-state index is -0.305. The fraction of sp³-hybridized carbons (Fsp3) is 0.450. The van der Waals surface area contributed by atoms with Gasteiger partial charge in [0.2, 0.25) is 0 Å². The lowest BCUT2D eigenvalue weighted by Gasteiger charge is -2.25. The fourth-order valence-corrected chi connectivity index (χ4v) is 8.13. The summed E-state index contributed by atoms with van der Waals surface area (Å²) >= 11 is 0. The molecule has 4 atom stereocenters. The molecule has 2 aromatic heterocycles. The number of H-pyrrole nitrogens is 2. The number of hydrogen-bond donors (Lipinski definition) is 2. The molecule has 3 aromatic carbocycles. The molecule has 2 N–H and O–H groups in total. The minimum absolute atomic E-state index is 0. The van der Waals surface area contributed by atoms with Gasteiger partial charge in [-0.15, -0.1) is 0 Å². The monoisotopic (exact) mass is 744 g/mol. The van der Waals surface area contributed by atoms with Crippen LogP contribution in [-0.4, -0.2) is 80.1 Å². The summed E-state index contributed by atoms with van der Waals surface area (Å²) in [6.45, 7) is 2.85. The third-order valence-corrected chi connectivity index (χ3v) is 10.7. The molecule has 278 valence electrons. The summed E-state index contributed by atoms with van der Waals surface area (Å²) in [5, 5.41) is 0. The smallest absolute Gasteiger partial charge is 0.252 e. The van der Waals surface area contributed by atoms with E-state index < -0.39 is 0 Å². The number of carbonyl (C=O) groups excluding carboxylic acids is 2. The van der Waals surface area contributed by atoms with Crippen molar-refractivity contribution >= 4 is 60.9 Å². The van der Waals surface area contributed by atoms with Gasteiger partial charge in [-0.3, -0.25) is 9.59 Å². The van der Waals surface area contributed by atoms with Gasteiger partial charge in [0, 0.05) is 26.3 Å². The largest absolute Gasteiger partial charge is 0.368 e. The van der Waals surface area contributed by atoms with Crippen LogP contribution in [0.1, 0.15) is 90.0 Å². The van der Waals surface area contributed by atoms with Gasteiger partial charge in [-0.05, 0) is 97.9 Å². The van der Waals surface area contributed by atoms with Crippen LogP contribution in [0.15, 0.2) is 60.7 Å². The molecule has 0 saturated carbocycles. The van der Waals surface area contributed by atoms with Crippen molar-refractivity contribution in [2.75, 3.05) is 26.3 Å². The molecule has 5 aromatic rings. The molecule has 6 heterocycles. The van der Waals surface area contributed by atoms with Crippen LogP contribution in [0.3, 0.4) is 0 Å². The fourth-order valence-electron chi connectivity index (χ4n) is 8.13. The molecule has 0 radical (unpaired) electrons. The van der Waals surface area contributed by atoms with Crippen molar-refractivity contribution in [2.45, 2.75) is 90.5 Å². The van der Waals surface area contributed by atoms with E-state index in [1.54, 1.807) is 0 Å². The Morgan fingerprint density at radius 2 is 0.981 bits per heavy atom. The predicted octanol–water partition coefficient (Wildman–Crippen LogP) is 7.96. The number of aromatic nitrogens is 4. The first-order chi connectivity index (χ1) is 23.6. The second-order valence-corrected chi connectivity index (χ2v) is 13.7. The number of benzene rings is 3. The van der Waals surface area contributed by atoms with Crippen LogP contribution in [0.25, 0.3) is 44.3 Å². The molecular weight excluding hydrogens is 693 g/mol. The summed E-state index contributed by atoms with van der Waals surface area (Å²) in [4.78, 5) is 47.1. The van der Waals surface area contributed by atoms with Crippen LogP contribution >= 0.6 is 27.0 Å². The van der Waals surface area contributed by atoms with Crippen molar-refractivity contribution < 1.29 is 19.1 Å². The Labute approximate surface area is 320 Å². The number of nitrogens with zero attached hydrogens (tertiary/aromatic N) is 4. The number of hydrogen-bond acceptors (Lipinski definition) is 6. The molecule has 4 fully saturated rings. The number of nitrogens with one attached hydrogen (secondary N) is 2. The lowest BCUT2D eigenvalue weighted by Crippen LogP contribution is -2.38. The number of likely N-dealkylation sites (tertiary alicyclic amines) is 2. The Morgan fingerprint density at radius 3 is 1.37 bits per heavy atom. The highest BCUT2D eigenvalue weighted by molar-refractivity contribution is 7.59. The Balaban J connectivity index is 0.00000131. The molecule has 4 saturated heterocycles. The zero-order chi connectivity index (χ0) is 32.2. The Bertz CT molecular complexity index is 1860. The SMILES string of the molecule is C.C.O=C([C@H]1CCCO1)N1CCC[C@H]1c1nc2ccc(-c3ccc(-c4ccc5nc([C@@H]6CCCN6C(=O)[C@H]6CCCO6)[nH]c5c4)cc3)cc2[nH]1.S.S. The van der Waals surface area contributed by atoms with Gasteiger partial charge >= 0.3 is 0 Å². The van der Waals surface area contributed by atoms with Gasteiger partial charge in [0.25, 0.3) is 11.8 Å². The summed E-state index contributed by atoms with van der Waals surface area (Å²) in [5.74, 6) is 1.92. The molecule has 12 heteroatoms. The zero-order valence-corrected chi connectivity index (χ0v) is 30.0. The van der Waals surface area contributed by atoms with Gasteiger partial charge in [0.15, 0.2) is 0 Å². The van der Waals surface area contributed by atoms with Gasteiger partial charge in [0.05, 0.1) is 34.2 Å². The standard InChI is InChI=1S/C38H40N6O4.2CH4.2H2S/c45-37(33-7-3-19-47-33)43-17-1-5-31(43)35-39-27-15-13-25(21-29(27)41-35)23-9-11-24(12-10-23)26-14-16-28-30(22-26)42-36(40-28)32-6-2-18-44(32)38(46)34-8-4-20-48-34;;;;/h9-16,21-22,31-34H,1-8,17-20H2,(H,39,41)(H,40,42);2*1H4;2*1H2/t31-,32-,33+,34+;;;;/m0..../s1. The van der Waals surface area contributed by atoms with Gasteiger partial charge in [-0.1, -0.05) is 51.3 Å². The lowest BCUT2D eigenvalue weighted by molar-refractivity contribution is -0.142. The number of amides is 2. The van der Waals surface area contributed by atoms with Gasteiger partial charge in [0.1, 0.15) is 23.9 Å². The van der Waals surface area contributed by atoms with Crippen LogP contribution < -0.4 is 0 Å². The van der Waals surface area contributed by atoms with Gasteiger partial charge in [-0.2, -0.15) is 27.0 Å². The van der Waals surface area contributed by atoms with E-state index in [0.29, 0.717) is 13.2 Å². The Morgan fingerprint density at radius 1 is 0.577 bits per heavy atom. The number of rotatable bonds is 6. The zero-order valence-electron chi connectivity index (χ0n) is 28.0. The van der Waals surface area contributed by atoms with E-state index in [-0.39, 0.29) is 78.0 Å². The molecule has 0 spiro atoms. The first-order valence-corrected chi connectivity index (χ1v) is 17.5. The quantitative estimate of drug-likeness (QED) is 0.182. The summed E-state index contributed by atoms with van der Waals surface area (Å²) in [7, 11) is 0. The predicted molar refractivity (Wildman–Crippen MR) is 216 cm³/mol. The molecule has 10 nitrogen and oxygen atoms in total. The van der Waals surface area contributed by atoms with E-state index in [1.807, 2.05) is 9.80 Å². The van der Waals surface area contributed by atoms with Crippen molar-refractivity contribution in [1.29, 1.82) is 0 Å². The molecule has 52 heavy (non-hydrogen) atoms. The topological polar surface area (TPSA) is 116 Å². The average Bonchev–Trinajstić information content (AvgIpc) is 3.97. The van der Waals surface area contributed by atoms with E-state index in [1.165, 1.54) is 0 Å². The van der Waals surface area contributed by atoms with Gasteiger partial charge < -0.3 is 29.2 Å². The Kier molecular flexibility index (Phi) is 12.5. The molecule has 0 aliphatic carbocycles. The Hall–Kier alpha value is -3.84. The molecule has 9 rings (SSSR count). The van der Waals surface area contributed by atoms with Crippen molar-refractivity contribution in [2.24, 2.45) is 0 Å². The molecule has 4 aliphatic heterocycles. The third-order valence-electron chi connectivity index (χ3n) is 10.7. The van der Waals surface area contributed by atoms with E-state index >= 15 is 0 Å². The highest BCUT2D eigenvalue weighted by Crippen LogP contribution is 2.36. The molecule has 0 unspecified atom stereocenters. The van der Waals surface area contributed by atoms with Crippen molar-refractivity contribution in [3.8, 4) is 22.3 Å². The van der Waals surface area contributed by atoms with Crippen molar-refractivity contribution in [3.05, 3.63) is 72.3 Å². The normalized spacial score (nSPS) is 22.5. The van der Waals surface area contributed by atoms with E-state index in [0.717, 1.165) is 120 Å². The number of ether oxygens (including phenoxy) is 2. The second-order valence-electron chi connectivity index (χ2n) is 13.7. The van der Waals surface area contributed by atoms with Crippen molar-refractivity contribution in [1.82, 2.24) is 29.7 Å². The third kappa shape index (κ3) is 7.22. The summed E-state index contributed by atoms with van der Waals surface area (Å²) < 4.78 is 11.4. The first-order valence-electron chi connectivity index (χ1n) is 17.5. The van der Waals surface area contributed by atoms with Crippen molar-refractivity contribution in [3.63, 3.8) is 0 Å². The average molecular weight is 745 g/mol. The summed E-state index contributed by atoms with van der Waals surface area (Å²) in [6.07, 6.45) is 6.67. The minimum Gasteiger partial charge on any atom is -0.368 e. The van der Waals surface area contributed by atoms with E-state index in [2.05, 4.69) is 70.6 Å². The first kappa shape index (κ1) is 39.4. The van der Waals surface area contributed by atoms with Crippen LogP contribution in [0, 0.1) is 0 Å². The highest BCUT2D eigenvalue weighted by atomic mass is 32.1. The number of carbonyl (C=O) groups is 2. The lowest BCUT2D eigenvalue weighted by atomic mass is 10.00. The maximum absolute atomic E-state index is 13.1. The van der Waals surface area contributed by atoms with Gasteiger partial charge in [-0.25, -0.2) is 9.97 Å². The second kappa shape index (κ2) is 16.4. The molecule has 4 aliphatic rings. The number of fused-ring (bicyclic) bond motifs is 2. The molecule has 0 bridgehead atoms. The highest BCUT2D eigenvalue weighted by Gasteiger charge is 2.38. The van der Waals surface area contributed by atoms with Crippen LogP contribution in [0.2, 0.25) is 0 Å². The maximum Gasteiger partial charge on any atom is 0.252 e. The number of imidazole rings is 2. The van der Waals surface area contributed by atoms with E-state index in [9.17, 15) is 9.59 Å². The molecule has 2 amide bonds. The summed E-state index contributed by atoms with van der Waals surface area (Å²) in [6, 6.07) is 21.2. The van der Waals surface area contributed by atoms with Crippen LogP contribution in [0.5, 0.6) is 0 Å².